The first-order chi connectivity index (χ1) is 11.8. The molecule has 0 spiro atoms. The van der Waals surface area contributed by atoms with Gasteiger partial charge in [0.1, 0.15) is 0 Å². The topological polar surface area (TPSA) is 18.5 Å². The lowest BCUT2D eigenvalue weighted by molar-refractivity contribution is 0.00578. The first-order valence-electron chi connectivity index (χ1n) is 8.76. The third-order valence-electron chi connectivity index (χ3n) is 5.36. The molecule has 128 valence electrons. The van der Waals surface area contributed by atoms with E-state index < -0.39 is 0 Å². The lowest BCUT2D eigenvalue weighted by Gasteiger charge is -2.32. The Kier molecular flexibility index (Phi) is 4.02. The summed E-state index contributed by atoms with van der Waals surface area (Å²) >= 11 is 1.78. The van der Waals surface area contributed by atoms with Gasteiger partial charge in [-0.2, -0.15) is 0 Å². The summed E-state index contributed by atoms with van der Waals surface area (Å²) in [6.45, 7) is 8.38. The molecule has 0 unspecified atom stereocenters. The van der Waals surface area contributed by atoms with E-state index in [2.05, 4.69) is 82.3 Å². The number of benzene rings is 2. The van der Waals surface area contributed by atoms with Crippen LogP contribution in [-0.2, 0) is 15.7 Å². The van der Waals surface area contributed by atoms with Crippen LogP contribution in [-0.4, -0.2) is 18.3 Å². The molecule has 1 saturated heterocycles. The zero-order valence-corrected chi connectivity index (χ0v) is 16.0. The van der Waals surface area contributed by atoms with E-state index in [1.807, 2.05) is 0 Å². The third-order valence-corrected chi connectivity index (χ3v) is 6.47. The number of hydrogen-bond acceptors (Lipinski definition) is 3. The summed E-state index contributed by atoms with van der Waals surface area (Å²) in [4.78, 5) is 1.33. The highest BCUT2D eigenvalue weighted by atomic mass is 32.1. The molecule has 1 aromatic heterocycles. The molecule has 4 rings (SSSR count). The van der Waals surface area contributed by atoms with Crippen molar-refractivity contribution >= 4 is 34.0 Å². The van der Waals surface area contributed by atoms with Gasteiger partial charge in [-0.25, -0.2) is 0 Å². The van der Waals surface area contributed by atoms with Crippen LogP contribution in [0.25, 0.3) is 10.8 Å². The maximum absolute atomic E-state index is 6.16. The molecule has 0 aliphatic carbocycles. The molecule has 25 heavy (non-hydrogen) atoms. The molecule has 0 atom stereocenters. The van der Waals surface area contributed by atoms with Crippen LogP contribution in [0.15, 0.2) is 54.6 Å². The predicted octanol–water partition coefficient (Wildman–Crippen LogP) is 4.79. The van der Waals surface area contributed by atoms with Gasteiger partial charge in [0.15, 0.2) is 0 Å². The molecule has 0 radical (unpaired) electrons. The summed E-state index contributed by atoms with van der Waals surface area (Å²) in [6, 6.07) is 19.5. The summed E-state index contributed by atoms with van der Waals surface area (Å²) in [7, 11) is -0.264. The highest BCUT2D eigenvalue weighted by Crippen LogP contribution is 2.37. The highest BCUT2D eigenvalue weighted by molar-refractivity contribution is 7.22. The van der Waals surface area contributed by atoms with Crippen molar-refractivity contribution in [2.45, 2.75) is 45.3 Å². The summed E-state index contributed by atoms with van der Waals surface area (Å²) in [5.74, 6) is 0. The van der Waals surface area contributed by atoms with Crippen LogP contribution in [0, 0.1) is 0 Å². The lowest BCUT2D eigenvalue weighted by atomic mass is 9.88. The smallest absolute Gasteiger partial charge is 0.399 e. The highest BCUT2D eigenvalue weighted by Gasteiger charge is 2.52. The minimum atomic E-state index is -0.292. The number of hydrogen-bond donors (Lipinski definition) is 0. The molecule has 3 aromatic rings. The molecule has 1 aliphatic heterocycles. The van der Waals surface area contributed by atoms with Crippen molar-refractivity contribution in [1.82, 2.24) is 0 Å². The van der Waals surface area contributed by atoms with E-state index in [4.69, 9.17) is 9.31 Å². The predicted molar refractivity (Wildman–Crippen MR) is 107 cm³/mol. The van der Waals surface area contributed by atoms with Crippen LogP contribution < -0.4 is 4.78 Å². The van der Waals surface area contributed by atoms with E-state index in [0.29, 0.717) is 0 Å². The largest absolute Gasteiger partial charge is 0.505 e. The fraction of sp³-hybridized carbons (Fsp3) is 0.333. The number of rotatable bonds is 3. The van der Waals surface area contributed by atoms with Crippen molar-refractivity contribution in [3.8, 4) is 0 Å². The minimum absolute atomic E-state index is 0.264. The summed E-state index contributed by atoms with van der Waals surface area (Å²) < 4.78 is 13.5. The molecule has 0 N–H and O–H groups in total. The van der Waals surface area contributed by atoms with E-state index in [1.165, 1.54) is 21.2 Å². The maximum atomic E-state index is 6.16. The second kappa shape index (κ2) is 5.98. The molecule has 2 aromatic carbocycles. The van der Waals surface area contributed by atoms with E-state index in [-0.39, 0.29) is 18.3 Å². The van der Waals surface area contributed by atoms with E-state index in [9.17, 15) is 0 Å². The standard InChI is InChI=1S/C21H23BO2S/c1-20(2)21(3,4)24-22(23-20)19-12-11-18(25-19)14-15-9-10-16-7-5-6-8-17(16)13-15/h5-13H,14H2,1-4H3. The molecule has 0 bridgehead atoms. The van der Waals surface area contributed by atoms with Gasteiger partial charge < -0.3 is 9.31 Å². The second-order valence-corrected chi connectivity index (χ2v) is 8.95. The summed E-state index contributed by atoms with van der Waals surface area (Å²) in [5.41, 5.74) is 0.751. The molecule has 0 saturated carbocycles. The molecule has 1 fully saturated rings. The van der Waals surface area contributed by atoms with Crippen LogP contribution in [0.1, 0.15) is 38.1 Å². The van der Waals surface area contributed by atoms with Gasteiger partial charge in [-0.1, -0.05) is 48.5 Å². The van der Waals surface area contributed by atoms with Crippen molar-refractivity contribution in [2.75, 3.05) is 0 Å². The fourth-order valence-electron chi connectivity index (χ4n) is 3.13. The molecule has 1 aliphatic rings. The minimum Gasteiger partial charge on any atom is -0.399 e. The van der Waals surface area contributed by atoms with E-state index in [1.54, 1.807) is 11.3 Å². The lowest BCUT2D eigenvalue weighted by Crippen LogP contribution is -2.41. The Hall–Kier alpha value is -1.62. The molecule has 2 heterocycles. The van der Waals surface area contributed by atoms with Gasteiger partial charge in [-0.15, -0.1) is 11.3 Å². The third kappa shape index (κ3) is 3.14. The number of fused-ring (bicyclic) bond motifs is 1. The average Bonchev–Trinajstić information content (AvgIpc) is 3.10. The summed E-state index contributed by atoms with van der Waals surface area (Å²) in [5, 5.41) is 2.58. The van der Waals surface area contributed by atoms with Crippen LogP contribution in [0.2, 0.25) is 0 Å². The molecular weight excluding hydrogens is 327 g/mol. The Morgan fingerprint density at radius 2 is 1.52 bits per heavy atom. The Morgan fingerprint density at radius 3 is 2.24 bits per heavy atom. The monoisotopic (exact) mass is 350 g/mol. The molecular formula is C21H23BO2S. The van der Waals surface area contributed by atoms with Crippen molar-refractivity contribution in [3.63, 3.8) is 0 Å². The van der Waals surface area contributed by atoms with E-state index >= 15 is 0 Å². The van der Waals surface area contributed by atoms with Gasteiger partial charge >= 0.3 is 7.12 Å². The summed E-state index contributed by atoms with van der Waals surface area (Å²) in [6.07, 6.45) is 0.939. The zero-order valence-electron chi connectivity index (χ0n) is 15.2. The van der Waals surface area contributed by atoms with Crippen molar-refractivity contribution in [1.29, 1.82) is 0 Å². The van der Waals surface area contributed by atoms with Crippen LogP contribution in [0.3, 0.4) is 0 Å². The SMILES string of the molecule is CC1(C)OB(c2ccc(Cc3ccc4ccccc4c3)s2)OC1(C)C. The quantitative estimate of drug-likeness (QED) is 0.632. The van der Waals surface area contributed by atoms with Gasteiger partial charge in [0.25, 0.3) is 0 Å². The first kappa shape index (κ1) is 16.8. The fourth-order valence-corrected chi connectivity index (χ4v) is 4.13. The van der Waals surface area contributed by atoms with Gasteiger partial charge in [-0.05, 0) is 50.1 Å². The zero-order chi connectivity index (χ0) is 17.7. The van der Waals surface area contributed by atoms with Crippen molar-refractivity contribution < 1.29 is 9.31 Å². The van der Waals surface area contributed by atoms with E-state index in [0.717, 1.165) is 11.2 Å². The second-order valence-electron chi connectivity index (χ2n) is 7.75. The van der Waals surface area contributed by atoms with Crippen molar-refractivity contribution in [2.24, 2.45) is 0 Å². The van der Waals surface area contributed by atoms with Crippen LogP contribution >= 0.6 is 11.3 Å². The Morgan fingerprint density at radius 1 is 0.840 bits per heavy atom. The normalized spacial score (nSPS) is 18.8. The van der Waals surface area contributed by atoms with Gasteiger partial charge in [0.2, 0.25) is 0 Å². The first-order valence-corrected chi connectivity index (χ1v) is 9.58. The average molecular weight is 350 g/mol. The molecule has 0 amide bonds. The number of thiophene rings is 1. The molecule has 4 heteroatoms. The Labute approximate surface area is 153 Å². The Bertz CT molecular complexity index is 897. The van der Waals surface area contributed by atoms with Gasteiger partial charge in [0, 0.05) is 16.1 Å². The maximum Gasteiger partial charge on any atom is 0.505 e. The van der Waals surface area contributed by atoms with Crippen LogP contribution in [0.4, 0.5) is 0 Å². The van der Waals surface area contributed by atoms with Gasteiger partial charge in [0.05, 0.1) is 11.2 Å². The van der Waals surface area contributed by atoms with Crippen LogP contribution in [0.5, 0.6) is 0 Å². The van der Waals surface area contributed by atoms with Gasteiger partial charge in [-0.3, -0.25) is 0 Å². The molecule has 2 nitrogen and oxygen atoms in total. The van der Waals surface area contributed by atoms with Crippen molar-refractivity contribution in [3.05, 3.63) is 65.0 Å². The Balaban J connectivity index is 1.53.